The van der Waals surface area contributed by atoms with Gasteiger partial charge in [-0.05, 0) is 0 Å². The molecule has 2 saturated heterocycles. The number of aliphatic hydroxyl groups is 1. The van der Waals surface area contributed by atoms with E-state index >= 15 is 0 Å². The Morgan fingerprint density at radius 3 is 3.04 bits per heavy atom. The van der Waals surface area contributed by atoms with E-state index in [1.54, 1.807) is 7.57 Å². The van der Waals surface area contributed by atoms with E-state index in [1.165, 1.54) is 19.2 Å². The minimum atomic E-state index is -3.14. The van der Waals surface area contributed by atoms with Gasteiger partial charge in [-0.25, -0.2) is 0 Å². The van der Waals surface area contributed by atoms with Gasteiger partial charge in [0.1, 0.15) is 0 Å². The molecule has 13 heteroatoms. The maximum absolute atomic E-state index is 11.9. The van der Waals surface area contributed by atoms with Gasteiger partial charge in [0.15, 0.2) is 0 Å². The normalized spacial score (nSPS) is 31.9. The molecule has 0 aliphatic carbocycles. The quantitative estimate of drug-likeness (QED) is 0.268. The SMILES string of the molecule is B[PH]1(OCOC(C)=O)OC[C@H]2O[C@@H](n3ccc(O)nc3=O)C(O)[C@@H]2O1. The van der Waals surface area contributed by atoms with Gasteiger partial charge in [-0.15, -0.1) is 0 Å². The van der Waals surface area contributed by atoms with Crippen LogP contribution in [0.15, 0.2) is 17.1 Å². The Hall–Kier alpha value is -1.56. The Bertz CT molecular complexity index is 718. The van der Waals surface area contributed by atoms with Crippen molar-refractivity contribution in [1.29, 1.82) is 0 Å². The summed E-state index contributed by atoms with van der Waals surface area (Å²) >= 11 is 0. The molecule has 2 aliphatic rings. The zero-order valence-electron chi connectivity index (χ0n) is 13.5. The molecule has 11 nitrogen and oxygen atoms in total. The number of carbonyl (C=O) groups excluding carboxylic acids is 1. The predicted octanol–water partition coefficient (Wildman–Crippen LogP) is -1.80. The summed E-state index contributed by atoms with van der Waals surface area (Å²) in [6.45, 7) is 1.01. The number of ether oxygens (including phenoxy) is 2. The van der Waals surface area contributed by atoms with Crippen molar-refractivity contribution in [3.63, 3.8) is 0 Å². The average molecular weight is 376 g/mol. The molecule has 4 atom stereocenters. The molecule has 138 valence electrons. The van der Waals surface area contributed by atoms with Gasteiger partial charge in [0, 0.05) is 0 Å². The second kappa shape index (κ2) is 6.98. The number of carbonyl (C=O) groups is 1. The van der Waals surface area contributed by atoms with Crippen molar-refractivity contribution in [1.82, 2.24) is 9.55 Å². The van der Waals surface area contributed by atoms with Crippen LogP contribution in [-0.4, -0.2) is 65.0 Å². The number of aliphatic hydroxyl groups excluding tert-OH is 1. The van der Waals surface area contributed by atoms with Gasteiger partial charge >= 0.3 is 142 Å². The van der Waals surface area contributed by atoms with Crippen LogP contribution in [0, 0.1) is 0 Å². The Morgan fingerprint density at radius 2 is 2.36 bits per heavy atom. The summed E-state index contributed by atoms with van der Waals surface area (Å²) in [7, 11) is -1.55. The van der Waals surface area contributed by atoms with Crippen LogP contribution in [0.3, 0.4) is 0 Å². The molecule has 3 heterocycles. The first-order valence-corrected chi connectivity index (χ1v) is 9.72. The Balaban J connectivity index is 1.71. The van der Waals surface area contributed by atoms with Crippen molar-refractivity contribution in [2.24, 2.45) is 0 Å². The summed E-state index contributed by atoms with van der Waals surface area (Å²) in [6.07, 6.45) is -2.34. The van der Waals surface area contributed by atoms with Gasteiger partial charge in [0.25, 0.3) is 0 Å². The van der Waals surface area contributed by atoms with Crippen LogP contribution in [0.2, 0.25) is 0 Å². The van der Waals surface area contributed by atoms with Crippen LogP contribution in [0.25, 0.3) is 0 Å². The number of nitrogens with zero attached hydrogens (tertiary/aromatic N) is 2. The zero-order valence-corrected chi connectivity index (χ0v) is 14.5. The second-order valence-corrected chi connectivity index (χ2v) is 8.22. The van der Waals surface area contributed by atoms with Gasteiger partial charge in [-0.2, -0.15) is 0 Å². The van der Waals surface area contributed by atoms with Gasteiger partial charge in [-0.1, -0.05) is 0 Å². The van der Waals surface area contributed by atoms with Crippen molar-refractivity contribution < 1.29 is 38.1 Å². The topological polar surface area (TPSA) is 139 Å². The molecule has 0 saturated carbocycles. The van der Waals surface area contributed by atoms with Crippen molar-refractivity contribution in [2.45, 2.75) is 31.5 Å². The van der Waals surface area contributed by atoms with E-state index in [2.05, 4.69) is 4.98 Å². The van der Waals surface area contributed by atoms with Crippen LogP contribution in [0.4, 0.5) is 0 Å². The number of aromatic nitrogens is 2. The van der Waals surface area contributed by atoms with Gasteiger partial charge in [0.2, 0.25) is 0 Å². The number of aromatic hydroxyl groups is 1. The number of hydrogen-bond acceptors (Lipinski definition) is 10. The fourth-order valence-electron chi connectivity index (χ4n) is 2.64. The third kappa shape index (κ3) is 3.84. The predicted molar refractivity (Wildman–Crippen MR) is 85.5 cm³/mol. The fourth-order valence-corrected chi connectivity index (χ4v) is 4.38. The summed E-state index contributed by atoms with van der Waals surface area (Å²) in [5.74, 6) is -0.931. The van der Waals surface area contributed by atoms with Gasteiger partial charge in [0.05, 0.1) is 0 Å². The van der Waals surface area contributed by atoms with Crippen LogP contribution in [-0.2, 0) is 27.8 Å². The van der Waals surface area contributed by atoms with E-state index in [-0.39, 0.29) is 13.4 Å². The molecule has 0 aromatic carbocycles. The Labute approximate surface area is 143 Å². The molecule has 2 fully saturated rings. The van der Waals surface area contributed by atoms with Crippen LogP contribution in [0.5, 0.6) is 5.88 Å². The molecular formula is C12H18BN2O9P. The third-order valence-electron chi connectivity index (χ3n) is 3.84. The molecule has 1 aromatic heterocycles. The van der Waals surface area contributed by atoms with Crippen LogP contribution in [0.1, 0.15) is 13.2 Å². The molecule has 0 radical (unpaired) electrons. The van der Waals surface area contributed by atoms with E-state index in [0.717, 1.165) is 4.57 Å². The van der Waals surface area contributed by atoms with E-state index in [1.807, 2.05) is 0 Å². The molecular weight excluding hydrogens is 358 g/mol. The number of esters is 1. The minimum absolute atomic E-state index is 0.0846. The van der Waals surface area contributed by atoms with Crippen LogP contribution >= 0.6 is 7.82 Å². The molecule has 2 aliphatic heterocycles. The third-order valence-corrected chi connectivity index (χ3v) is 5.88. The first kappa shape index (κ1) is 18.2. The number of rotatable bonds is 4. The second-order valence-electron chi connectivity index (χ2n) is 5.69. The van der Waals surface area contributed by atoms with Gasteiger partial charge < -0.3 is 0 Å². The summed E-state index contributed by atoms with van der Waals surface area (Å²) in [6, 6.07) is 1.21. The average Bonchev–Trinajstić information content (AvgIpc) is 2.83. The van der Waals surface area contributed by atoms with E-state index in [9.17, 15) is 19.8 Å². The summed E-state index contributed by atoms with van der Waals surface area (Å²) in [5.41, 5.74) is -0.769. The molecule has 1 aromatic rings. The molecule has 0 spiro atoms. The van der Waals surface area contributed by atoms with E-state index in [0.29, 0.717) is 0 Å². The number of hydrogen-bond donors (Lipinski definition) is 2. The number of fused-ring (bicyclic) bond motifs is 1. The standard InChI is InChI=1S/C12H18BN2O9P/c1-6(16)20-5-22-25(13)21-4-7-10(24-25)9(18)11(23-7)15-3-2-8(17)14-12(15)19/h2-3,7,9-11,18,25H,4-5,13H2,1H3,(H,14,17,19)/t7-,9?,10-,11-/m1/s1. The maximum atomic E-state index is 11.9. The van der Waals surface area contributed by atoms with Crippen molar-refractivity contribution in [2.75, 3.05) is 13.4 Å². The van der Waals surface area contributed by atoms with E-state index < -0.39 is 49.9 Å². The zero-order chi connectivity index (χ0) is 18.2. The van der Waals surface area contributed by atoms with E-state index in [4.69, 9.17) is 23.0 Å². The van der Waals surface area contributed by atoms with Crippen LogP contribution < -0.4 is 5.69 Å². The fraction of sp³-hybridized carbons (Fsp3) is 0.583. The summed E-state index contributed by atoms with van der Waals surface area (Å²) < 4.78 is 28.1. The van der Waals surface area contributed by atoms with Crippen molar-refractivity contribution >= 4 is 21.4 Å². The summed E-state index contributed by atoms with van der Waals surface area (Å²) in [5, 5.41) is 19.7. The monoisotopic (exact) mass is 376 g/mol. The molecule has 2 N–H and O–H groups in total. The summed E-state index contributed by atoms with van der Waals surface area (Å²) in [4.78, 5) is 26.1. The first-order valence-electron chi connectivity index (χ1n) is 7.50. The molecule has 1 unspecified atom stereocenters. The van der Waals surface area contributed by atoms with Gasteiger partial charge in [-0.3, -0.25) is 0 Å². The molecule has 0 bridgehead atoms. The Morgan fingerprint density at radius 1 is 1.60 bits per heavy atom. The molecule has 3 rings (SSSR count). The first-order chi connectivity index (χ1) is 11.8. The Kier molecular flexibility index (Phi) is 5.10. The van der Waals surface area contributed by atoms with Crippen molar-refractivity contribution in [3.8, 4) is 5.88 Å². The molecule has 0 amide bonds. The molecule has 25 heavy (non-hydrogen) atoms. The van der Waals surface area contributed by atoms with Crippen molar-refractivity contribution in [3.05, 3.63) is 22.7 Å².